The zero-order chi connectivity index (χ0) is 13.3. The van der Waals surface area contributed by atoms with Gasteiger partial charge in [0.2, 0.25) is 0 Å². The second kappa shape index (κ2) is 8.90. The van der Waals surface area contributed by atoms with Crippen LogP contribution in [0.25, 0.3) is 0 Å². The van der Waals surface area contributed by atoms with Gasteiger partial charge in [-0.2, -0.15) is 0 Å². The van der Waals surface area contributed by atoms with Gasteiger partial charge in [-0.15, -0.1) is 0 Å². The van der Waals surface area contributed by atoms with E-state index >= 15 is 0 Å². The molecule has 0 radical (unpaired) electrons. The van der Waals surface area contributed by atoms with Crippen molar-refractivity contribution in [2.45, 2.75) is 38.1 Å². The molecular formula is C15H30N2O2. The third-order valence-electron chi connectivity index (χ3n) is 4.15. The summed E-state index contributed by atoms with van der Waals surface area (Å²) in [6.45, 7) is 7.28. The Morgan fingerprint density at radius 1 is 1.16 bits per heavy atom. The van der Waals surface area contributed by atoms with E-state index in [1.807, 2.05) is 0 Å². The van der Waals surface area contributed by atoms with Crippen LogP contribution in [0.2, 0.25) is 0 Å². The minimum atomic E-state index is 0.709. The predicted molar refractivity (Wildman–Crippen MR) is 77.5 cm³/mol. The van der Waals surface area contributed by atoms with Crippen LogP contribution in [0, 0.1) is 5.92 Å². The normalized spacial score (nSPS) is 25.4. The van der Waals surface area contributed by atoms with Crippen LogP contribution in [0.15, 0.2) is 0 Å². The molecule has 1 aliphatic heterocycles. The van der Waals surface area contributed by atoms with Crippen LogP contribution < -0.4 is 5.32 Å². The number of ether oxygens (including phenoxy) is 2. The van der Waals surface area contributed by atoms with E-state index in [1.54, 1.807) is 7.11 Å². The van der Waals surface area contributed by atoms with Gasteiger partial charge in [0, 0.05) is 26.3 Å². The number of hydrogen-bond donors (Lipinski definition) is 1. The average molecular weight is 270 g/mol. The van der Waals surface area contributed by atoms with Crippen molar-refractivity contribution in [3.8, 4) is 0 Å². The highest BCUT2D eigenvalue weighted by atomic mass is 16.5. The minimum absolute atomic E-state index is 0.709. The van der Waals surface area contributed by atoms with E-state index in [1.165, 1.54) is 58.3 Å². The molecule has 1 saturated carbocycles. The fraction of sp³-hybridized carbons (Fsp3) is 1.00. The molecule has 2 rings (SSSR count). The second-order valence-corrected chi connectivity index (χ2v) is 5.86. The summed E-state index contributed by atoms with van der Waals surface area (Å²) < 4.78 is 10.5. The van der Waals surface area contributed by atoms with Crippen LogP contribution in [0.1, 0.15) is 32.1 Å². The molecule has 19 heavy (non-hydrogen) atoms. The summed E-state index contributed by atoms with van der Waals surface area (Å²) in [5, 5.41) is 3.72. The lowest BCUT2D eigenvalue weighted by atomic mass is 10.1. The number of hydrogen-bond acceptors (Lipinski definition) is 4. The summed E-state index contributed by atoms with van der Waals surface area (Å²) >= 11 is 0. The highest BCUT2D eigenvalue weighted by Crippen LogP contribution is 2.33. The number of unbranched alkanes of at least 4 members (excludes halogenated alkanes) is 1. The van der Waals surface area contributed by atoms with Crippen LogP contribution in [-0.4, -0.2) is 64.1 Å². The molecule has 1 atom stereocenters. The maximum Gasteiger partial charge on any atom is 0.0700 e. The first-order chi connectivity index (χ1) is 9.40. The Morgan fingerprint density at radius 2 is 2.05 bits per heavy atom. The van der Waals surface area contributed by atoms with E-state index in [4.69, 9.17) is 9.47 Å². The molecule has 0 aromatic carbocycles. The van der Waals surface area contributed by atoms with Crippen molar-refractivity contribution in [2.75, 3.05) is 53.1 Å². The standard InChI is InChI=1S/C15H30N2O2/c1-18-11-12-19-10-3-2-8-17-9-4-7-16-15(13-17)14-5-6-14/h14-16H,2-13H2,1H3. The highest BCUT2D eigenvalue weighted by molar-refractivity contribution is 4.89. The van der Waals surface area contributed by atoms with Crippen LogP contribution in [0.4, 0.5) is 0 Å². The molecule has 1 saturated heterocycles. The van der Waals surface area contributed by atoms with Gasteiger partial charge in [0.1, 0.15) is 0 Å². The summed E-state index contributed by atoms with van der Waals surface area (Å²) in [6, 6.07) is 0.764. The molecule has 0 aromatic heterocycles. The molecule has 4 nitrogen and oxygen atoms in total. The SMILES string of the molecule is COCCOCCCCN1CCCNC(C2CC2)C1. The zero-order valence-corrected chi connectivity index (χ0v) is 12.4. The van der Waals surface area contributed by atoms with E-state index in [9.17, 15) is 0 Å². The van der Waals surface area contributed by atoms with Gasteiger partial charge in [-0.3, -0.25) is 0 Å². The number of nitrogens with zero attached hydrogens (tertiary/aromatic N) is 1. The van der Waals surface area contributed by atoms with Crippen LogP contribution in [0.5, 0.6) is 0 Å². The minimum Gasteiger partial charge on any atom is -0.382 e. The Balaban J connectivity index is 1.51. The first-order valence-electron chi connectivity index (χ1n) is 7.92. The Kier molecular flexibility index (Phi) is 7.14. The number of methoxy groups -OCH3 is 1. The van der Waals surface area contributed by atoms with Gasteiger partial charge >= 0.3 is 0 Å². The fourth-order valence-electron chi connectivity index (χ4n) is 2.83. The predicted octanol–water partition coefficient (Wildman–Crippen LogP) is 1.50. The van der Waals surface area contributed by atoms with Gasteiger partial charge in [0.05, 0.1) is 13.2 Å². The summed E-state index contributed by atoms with van der Waals surface area (Å²) in [5.74, 6) is 0.970. The Labute approximate surface area is 117 Å². The second-order valence-electron chi connectivity index (χ2n) is 5.86. The van der Waals surface area contributed by atoms with E-state index in [0.717, 1.165) is 25.2 Å². The fourth-order valence-corrected chi connectivity index (χ4v) is 2.83. The lowest BCUT2D eigenvalue weighted by molar-refractivity contribution is 0.0676. The lowest BCUT2D eigenvalue weighted by Crippen LogP contribution is -2.39. The summed E-state index contributed by atoms with van der Waals surface area (Å²) in [6.07, 6.45) is 6.61. The molecule has 112 valence electrons. The summed E-state index contributed by atoms with van der Waals surface area (Å²) in [5.41, 5.74) is 0. The topological polar surface area (TPSA) is 33.7 Å². The molecule has 1 aliphatic carbocycles. The van der Waals surface area contributed by atoms with Gasteiger partial charge in [-0.25, -0.2) is 0 Å². The summed E-state index contributed by atoms with van der Waals surface area (Å²) in [4.78, 5) is 2.65. The third kappa shape index (κ3) is 6.21. The smallest absolute Gasteiger partial charge is 0.0700 e. The molecule has 2 fully saturated rings. The van der Waals surface area contributed by atoms with Crippen molar-refractivity contribution in [3.05, 3.63) is 0 Å². The molecule has 2 aliphatic rings. The van der Waals surface area contributed by atoms with Gasteiger partial charge in [0.25, 0.3) is 0 Å². The Bertz CT molecular complexity index is 234. The molecular weight excluding hydrogens is 240 g/mol. The van der Waals surface area contributed by atoms with Gasteiger partial charge in [0.15, 0.2) is 0 Å². The molecule has 1 N–H and O–H groups in total. The molecule has 0 aromatic rings. The molecule has 0 amide bonds. The maximum absolute atomic E-state index is 5.50. The van der Waals surface area contributed by atoms with E-state index < -0.39 is 0 Å². The zero-order valence-electron chi connectivity index (χ0n) is 12.4. The largest absolute Gasteiger partial charge is 0.382 e. The Hall–Kier alpha value is -0.160. The molecule has 0 bridgehead atoms. The first-order valence-corrected chi connectivity index (χ1v) is 7.92. The van der Waals surface area contributed by atoms with Gasteiger partial charge in [-0.1, -0.05) is 0 Å². The molecule has 1 unspecified atom stereocenters. The van der Waals surface area contributed by atoms with Crippen molar-refractivity contribution in [2.24, 2.45) is 5.92 Å². The van der Waals surface area contributed by atoms with Crippen molar-refractivity contribution in [1.82, 2.24) is 10.2 Å². The Morgan fingerprint density at radius 3 is 2.84 bits per heavy atom. The monoisotopic (exact) mass is 270 g/mol. The van der Waals surface area contributed by atoms with E-state index in [-0.39, 0.29) is 0 Å². The van der Waals surface area contributed by atoms with E-state index in [2.05, 4.69) is 10.2 Å². The first kappa shape index (κ1) is 15.2. The van der Waals surface area contributed by atoms with Gasteiger partial charge < -0.3 is 19.7 Å². The van der Waals surface area contributed by atoms with Crippen molar-refractivity contribution in [1.29, 1.82) is 0 Å². The van der Waals surface area contributed by atoms with Crippen LogP contribution in [-0.2, 0) is 9.47 Å². The number of nitrogens with one attached hydrogen (secondary N) is 1. The van der Waals surface area contributed by atoms with Crippen molar-refractivity contribution >= 4 is 0 Å². The van der Waals surface area contributed by atoms with Crippen LogP contribution >= 0.6 is 0 Å². The molecule has 0 spiro atoms. The maximum atomic E-state index is 5.50. The lowest BCUT2D eigenvalue weighted by Gasteiger charge is -2.24. The van der Waals surface area contributed by atoms with Crippen LogP contribution in [0.3, 0.4) is 0 Å². The van der Waals surface area contributed by atoms with Crippen molar-refractivity contribution < 1.29 is 9.47 Å². The van der Waals surface area contributed by atoms with Gasteiger partial charge in [-0.05, 0) is 57.7 Å². The summed E-state index contributed by atoms with van der Waals surface area (Å²) in [7, 11) is 1.72. The highest BCUT2D eigenvalue weighted by Gasteiger charge is 2.32. The quantitative estimate of drug-likeness (QED) is 0.644. The van der Waals surface area contributed by atoms with Crippen molar-refractivity contribution in [3.63, 3.8) is 0 Å². The molecule has 4 heteroatoms. The molecule has 1 heterocycles. The average Bonchev–Trinajstić information content (AvgIpc) is 3.24. The van der Waals surface area contributed by atoms with E-state index in [0.29, 0.717) is 6.61 Å². The third-order valence-corrected chi connectivity index (χ3v) is 4.15. The number of rotatable bonds is 9.